The van der Waals surface area contributed by atoms with Gasteiger partial charge < -0.3 is 19.9 Å². The Hall–Kier alpha value is -0.830. The molecule has 150 valence electrons. The second-order valence-corrected chi connectivity index (χ2v) is 7.18. The summed E-state index contributed by atoms with van der Waals surface area (Å²) < 4.78 is 7.51. The summed E-state index contributed by atoms with van der Waals surface area (Å²) in [7, 11) is 3.64. The van der Waals surface area contributed by atoms with Gasteiger partial charge in [0.15, 0.2) is 5.96 Å². The Morgan fingerprint density at radius 2 is 2.08 bits per heavy atom. The van der Waals surface area contributed by atoms with Crippen molar-refractivity contribution in [1.29, 1.82) is 0 Å². The summed E-state index contributed by atoms with van der Waals surface area (Å²) in [6.07, 6.45) is 12.6. The van der Waals surface area contributed by atoms with Crippen molar-refractivity contribution in [2.75, 3.05) is 33.9 Å². The van der Waals surface area contributed by atoms with E-state index in [1.54, 1.807) is 7.11 Å². The lowest BCUT2D eigenvalue weighted by atomic mass is 9.83. The molecule has 0 saturated heterocycles. The normalized spacial score (nSPS) is 16.3. The Morgan fingerprint density at radius 3 is 2.69 bits per heavy atom. The zero-order valence-electron chi connectivity index (χ0n) is 16.6. The summed E-state index contributed by atoms with van der Waals surface area (Å²) in [4.78, 5) is 8.63. The number of hydrogen-bond acceptors (Lipinski definition) is 3. The van der Waals surface area contributed by atoms with Crippen LogP contribution in [0.25, 0.3) is 0 Å². The molecule has 1 saturated carbocycles. The zero-order valence-corrected chi connectivity index (χ0v) is 18.9. The highest BCUT2D eigenvalue weighted by molar-refractivity contribution is 14.0. The van der Waals surface area contributed by atoms with Gasteiger partial charge in [0.25, 0.3) is 0 Å². The van der Waals surface area contributed by atoms with Gasteiger partial charge in [0.2, 0.25) is 0 Å². The van der Waals surface area contributed by atoms with Crippen molar-refractivity contribution < 1.29 is 4.74 Å². The van der Waals surface area contributed by atoms with Gasteiger partial charge in [-0.1, -0.05) is 12.8 Å². The SMILES string of the molecule is CN=C(NCCCCn1ccnc1C)NCC1(CCOC)CCCC1.I. The number of rotatable bonds is 10. The second kappa shape index (κ2) is 12.5. The van der Waals surface area contributed by atoms with E-state index in [2.05, 4.69) is 25.2 Å². The summed E-state index contributed by atoms with van der Waals surface area (Å²) in [6, 6.07) is 0. The number of hydrogen-bond donors (Lipinski definition) is 2. The van der Waals surface area contributed by atoms with Crippen molar-refractivity contribution in [2.24, 2.45) is 10.4 Å². The third kappa shape index (κ3) is 7.42. The largest absolute Gasteiger partial charge is 0.385 e. The summed E-state index contributed by atoms with van der Waals surface area (Å²) in [5, 5.41) is 6.99. The van der Waals surface area contributed by atoms with Crippen molar-refractivity contribution in [1.82, 2.24) is 20.2 Å². The van der Waals surface area contributed by atoms with E-state index in [1.807, 2.05) is 26.4 Å². The Balaban J connectivity index is 0.00000338. The minimum Gasteiger partial charge on any atom is -0.385 e. The number of imidazole rings is 1. The first kappa shape index (κ1) is 23.2. The van der Waals surface area contributed by atoms with E-state index in [9.17, 15) is 0 Å². The highest BCUT2D eigenvalue weighted by atomic mass is 127. The van der Waals surface area contributed by atoms with Crippen LogP contribution >= 0.6 is 24.0 Å². The maximum absolute atomic E-state index is 5.31. The van der Waals surface area contributed by atoms with E-state index >= 15 is 0 Å². The molecule has 26 heavy (non-hydrogen) atoms. The number of aliphatic imine (C=N–C) groups is 1. The molecule has 1 aromatic rings. The average molecular weight is 477 g/mol. The van der Waals surface area contributed by atoms with Gasteiger partial charge in [0.1, 0.15) is 5.82 Å². The maximum atomic E-state index is 5.31. The number of guanidine groups is 1. The highest BCUT2D eigenvalue weighted by Crippen LogP contribution is 2.40. The van der Waals surface area contributed by atoms with E-state index in [1.165, 1.54) is 25.7 Å². The topological polar surface area (TPSA) is 63.5 Å². The zero-order chi connectivity index (χ0) is 18.0. The standard InChI is InChI=1S/C19H35N5O.HI/c1-17-21-12-14-24(17)13-7-6-11-22-18(20-2)23-16-19(10-15-25-3)8-4-5-9-19;/h12,14H,4-11,13,15-16H2,1-3H3,(H2,20,22,23);1H. The molecule has 2 N–H and O–H groups in total. The predicted molar refractivity (Wildman–Crippen MR) is 118 cm³/mol. The number of aryl methyl sites for hydroxylation is 2. The van der Waals surface area contributed by atoms with E-state index in [4.69, 9.17) is 4.74 Å². The molecule has 0 atom stereocenters. The van der Waals surface area contributed by atoms with Crippen LogP contribution in [0.1, 0.15) is 50.8 Å². The Bertz CT molecular complexity index is 526. The molecule has 0 spiro atoms. The van der Waals surface area contributed by atoms with Crippen LogP contribution in [-0.2, 0) is 11.3 Å². The van der Waals surface area contributed by atoms with Crippen LogP contribution in [0.4, 0.5) is 0 Å². The third-order valence-electron chi connectivity index (χ3n) is 5.40. The van der Waals surface area contributed by atoms with Gasteiger partial charge in [-0.05, 0) is 44.4 Å². The lowest BCUT2D eigenvalue weighted by Gasteiger charge is -2.30. The first-order chi connectivity index (χ1) is 12.2. The van der Waals surface area contributed by atoms with Gasteiger partial charge in [0.05, 0.1) is 0 Å². The second-order valence-electron chi connectivity index (χ2n) is 7.18. The van der Waals surface area contributed by atoms with Gasteiger partial charge >= 0.3 is 0 Å². The van der Waals surface area contributed by atoms with Crippen LogP contribution < -0.4 is 10.6 Å². The Kier molecular flexibility index (Phi) is 11.2. The summed E-state index contributed by atoms with van der Waals surface area (Å²) in [5.41, 5.74) is 0.382. The van der Waals surface area contributed by atoms with Crippen molar-refractivity contribution in [2.45, 2.75) is 58.4 Å². The Labute approximate surface area is 175 Å². The van der Waals surface area contributed by atoms with Crippen LogP contribution in [0.3, 0.4) is 0 Å². The smallest absolute Gasteiger partial charge is 0.190 e. The average Bonchev–Trinajstić information content (AvgIpc) is 3.25. The number of halogens is 1. The molecular formula is C19H36IN5O. The number of unbranched alkanes of at least 4 members (excludes halogenated alkanes) is 1. The predicted octanol–water partition coefficient (Wildman–Crippen LogP) is 3.35. The van der Waals surface area contributed by atoms with E-state index in [-0.39, 0.29) is 24.0 Å². The molecule has 7 heteroatoms. The lowest BCUT2D eigenvalue weighted by Crippen LogP contribution is -2.43. The number of nitrogens with zero attached hydrogens (tertiary/aromatic N) is 3. The summed E-state index contributed by atoms with van der Waals surface area (Å²) >= 11 is 0. The molecule has 1 heterocycles. The van der Waals surface area contributed by atoms with Crippen LogP contribution in [0.2, 0.25) is 0 Å². The molecule has 1 fully saturated rings. The van der Waals surface area contributed by atoms with Crippen LogP contribution in [-0.4, -0.2) is 49.4 Å². The molecule has 0 aromatic carbocycles. The van der Waals surface area contributed by atoms with Crippen molar-refractivity contribution in [3.05, 3.63) is 18.2 Å². The van der Waals surface area contributed by atoms with Gasteiger partial charge in [-0.15, -0.1) is 24.0 Å². The van der Waals surface area contributed by atoms with Crippen molar-refractivity contribution >= 4 is 29.9 Å². The van der Waals surface area contributed by atoms with E-state index in [0.29, 0.717) is 5.41 Å². The first-order valence-corrected chi connectivity index (χ1v) is 9.60. The molecular weight excluding hydrogens is 441 g/mol. The minimum absolute atomic E-state index is 0. The van der Waals surface area contributed by atoms with Gasteiger partial charge in [-0.2, -0.15) is 0 Å². The fourth-order valence-electron chi connectivity index (χ4n) is 3.70. The van der Waals surface area contributed by atoms with Crippen LogP contribution in [0, 0.1) is 12.3 Å². The molecule has 1 aliphatic carbocycles. The van der Waals surface area contributed by atoms with Crippen molar-refractivity contribution in [3.63, 3.8) is 0 Å². The monoisotopic (exact) mass is 477 g/mol. The van der Waals surface area contributed by atoms with Gasteiger partial charge in [0, 0.05) is 52.8 Å². The molecule has 0 radical (unpaired) electrons. The first-order valence-electron chi connectivity index (χ1n) is 9.60. The Morgan fingerprint density at radius 1 is 1.31 bits per heavy atom. The molecule has 0 amide bonds. The number of nitrogens with one attached hydrogen (secondary N) is 2. The molecule has 2 rings (SSSR count). The highest BCUT2D eigenvalue weighted by Gasteiger charge is 2.33. The summed E-state index contributed by atoms with van der Waals surface area (Å²) in [5.74, 6) is 2.01. The summed E-state index contributed by atoms with van der Waals surface area (Å²) in [6.45, 7) is 5.86. The van der Waals surface area contributed by atoms with E-state index in [0.717, 1.165) is 57.3 Å². The number of ether oxygens (including phenoxy) is 1. The van der Waals surface area contributed by atoms with Crippen molar-refractivity contribution in [3.8, 4) is 0 Å². The van der Waals surface area contributed by atoms with Gasteiger partial charge in [-0.3, -0.25) is 4.99 Å². The molecule has 1 aliphatic rings. The molecule has 6 nitrogen and oxygen atoms in total. The number of methoxy groups -OCH3 is 1. The molecule has 0 unspecified atom stereocenters. The lowest BCUT2D eigenvalue weighted by molar-refractivity contribution is 0.138. The molecule has 0 aliphatic heterocycles. The maximum Gasteiger partial charge on any atom is 0.190 e. The third-order valence-corrected chi connectivity index (χ3v) is 5.40. The van der Waals surface area contributed by atoms with Gasteiger partial charge in [-0.25, -0.2) is 4.98 Å². The van der Waals surface area contributed by atoms with E-state index < -0.39 is 0 Å². The van der Waals surface area contributed by atoms with Crippen LogP contribution in [0.15, 0.2) is 17.4 Å². The fraction of sp³-hybridized carbons (Fsp3) is 0.789. The molecule has 0 bridgehead atoms. The quantitative estimate of drug-likeness (QED) is 0.235. The molecule has 1 aromatic heterocycles. The van der Waals surface area contributed by atoms with Crippen LogP contribution in [0.5, 0.6) is 0 Å². The minimum atomic E-state index is 0. The fourth-order valence-corrected chi connectivity index (χ4v) is 3.70. The number of aromatic nitrogens is 2.